The quantitative estimate of drug-likeness (QED) is 0.559. The van der Waals surface area contributed by atoms with Crippen LogP contribution in [0.3, 0.4) is 0 Å². The molecule has 2 nitrogen and oxygen atoms in total. The van der Waals surface area contributed by atoms with Crippen molar-refractivity contribution in [3.63, 3.8) is 0 Å². The van der Waals surface area contributed by atoms with Gasteiger partial charge >= 0.3 is 0 Å². The summed E-state index contributed by atoms with van der Waals surface area (Å²) in [5, 5.41) is 0. The van der Waals surface area contributed by atoms with E-state index in [9.17, 15) is 0 Å². The van der Waals surface area contributed by atoms with Gasteiger partial charge in [0.1, 0.15) is 19.1 Å². The van der Waals surface area contributed by atoms with Gasteiger partial charge in [-0.2, -0.15) is 0 Å². The van der Waals surface area contributed by atoms with Crippen LogP contribution in [0.1, 0.15) is 11.6 Å². The van der Waals surface area contributed by atoms with Gasteiger partial charge in [0, 0.05) is 5.56 Å². The lowest BCUT2D eigenvalue weighted by molar-refractivity contribution is -0.939. The van der Waals surface area contributed by atoms with Gasteiger partial charge in [0.25, 0.3) is 0 Å². The predicted octanol–water partition coefficient (Wildman–Crippen LogP) is 2.39. The second-order valence-corrected chi connectivity index (χ2v) is 4.63. The Kier molecular flexibility index (Phi) is 3.42. The number of hydrogen-bond acceptors (Lipinski definition) is 1. The van der Waals surface area contributed by atoms with Crippen molar-refractivity contribution in [1.29, 1.82) is 0 Å². The van der Waals surface area contributed by atoms with Gasteiger partial charge in [-0.3, -0.25) is 0 Å². The Balaban J connectivity index is 2.25. The summed E-state index contributed by atoms with van der Waals surface area (Å²) >= 11 is 0. The van der Waals surface area contributed by atoms with Gasteiger partial charge in [-0.05, 0) is 6.08 Å². The van der Waals surface area contributed by atoms with Crippen molar-refractivity contribution < 1.29 is 9.22 Å². The van der Waals surface area contributed by atoms with Crippen molar-refractivity contribution in [1.82, 2.24) is 0 Å². The lowest BCUT2D eigenvalue weighted by atomic mass is 10.0. The van der Waals surface area contributed by atoms with E-state index < -0.39 is 0 Å². The molecular formula is C14H20NO+. The molecule has 0 N–H and O–H groups in total. The summed E-state index contributed by atoms with van der Waals surface area (Å²) in [4.78, 5) is 0. The molecule has 1 saturated heterocycles. The van der Waals surface area contributed by atoms with Gasteiger partial charge in [-0.15, -0.1) is 0 Å². The summed E-state index contributed by atoms with van der Waals surface area (Å²) in [5.74, 6) is 0. The zero-order valence-corrected chi connectivity index (χ0v) is 9.93. The van der Waals surface area contributed by atoms with Crippen LogP contribution in [0.2, 0.25) is 0 Å². The first-order valence-corrected chi connectivity index (χ1v) is 5.86. The monoisotopic (exact) mass is 218 g/mol. The molecule has 0 saturated carbocycles. The number of hydrogen-bond donors (Lipinski definition) is 0. The van der Waals surface area contributed by atoms with Gasteiger partial charge in [0.2, 0.25) is 0 Å². The average Bonchev–Trinajstić information content (AvgIpc) is 2.32. The Morgan fingerprint density at radius 3 is 2.44 bits per heavy atom. The smallest absolute Gasteiger partial charge is 0.133 e. The zero-order chi connectivity index (χ0) is 11.4. The van der Waals surface area contributed by atoms with Crippen LogP contribution in [-0.4, -0.2) is 37.8 Å². The van der Waals surface area contributed by atoms with Gasteiger partial charge in [-0.1, -0.05) is 36.9 Å². The van der Waals surface area contributed by atoms with Crippen LogP contribution in [0.5, 0.6) is 0 Å². The summed E-state index contributed by atoms with van der Waals surface area (Å²) < 4.78 is 6.45. The molecule has 2 heteroatoms. The van der Waals surface area contributed by atoms with E-state index in [-0.39, 0.29) is 0 Å². The Labute approximate surface area is 97.7 Å². The molecular weight excluding hydrogens is 198 g/mol. The molecule has 86 valence electrons. The van der Waals surface area contributed by atoms with Crippen molar-refractivity contribution in [2.75, 3.05) is 33.4 Å². The van der Waals surface area contributed by atoms with Crippen molar-refractivity contribution in [3.8, 4) is 0 Å². The zero-order valence-electron chi connectivity index (χ0n) is 9.93. The second-order valence-electron chi connectivity index (χ2n) is 4.63. The van der Waals surface area contributed by atoms with Gasteiger partial charge in [-0.25, -0.2) is 0 Å². The highest BCUT2D eigenvalue weighted by atomic mass is 16.5. The summed E-state index contributed by atoms with van der Waals surface area (Å²) in [6, 6.07) is 11.0. The van der Waals surface area contributed by atoms with Crippen molar-refractivity contribution in [3.05, 3.63) is 48.6 Å². The third-order valence-electron chi connectivity index (χ3n) is 3.53. The highest BCUT2D eigenvalue weighted by Crippen LogP contribution is 2.28. The molecule has 1 unspecified atom stereocenters. The first-order valence-electron chi connectivity index (χ1n) is 5.86. The first-order chi connectivity index (χ1) is 7.76. The molecule has 0 bridgehead atoms. The molecule has 1 heterocycles. The van der Waals surface area contributed by atoms with E-state index in [1.54, 1.807) is 0 Å². The molecule has 16 heavy (non-hydrogen) atoms. The molecule has 1 aromatic rings. The van der Waals surface area contributed by atoms with E-state index in [1.165, 1.54) is 5.56 Å². The van der Waals surface area contributed by atoms with E-state index >= 15 is 0 Å². The standard InChI is InChI=1S/C14H20NO/c1-3-14(13-7-5-4-6-8-13)15(2)9-11-16-12-10-15/h3-8,14H,1,9-12H2,2H3/q+1. The van der Waals surface area contributed by atoms with Crippen LogP contribution in [0.4, 0.5) is 0 Å². The number of rotatable bonds is 3. The largest absolute Gasteiger partial charge is 0.370 e. The maximum atomic E-state index is 5.45. The molecule has 1 atom stereocenters. The summed E-state index contributed by atoms with van der Waals surface area (Å²) in [6.07, 6.45) is 2.07. The third-order valence-corrected chi connectivity index (χ3v) is 3.53. The minimum Gasteiger partial charge on any atom is -0.370 e. The Morgan fingerprint density at radius 2 is 1.88 bits per heavy atom. The van der Waals surface area contributed by atoms with E-state index in [4.69, 9.17) is 4.74 Å². The molecule has 1 aromatic carbocycles. The number of likely N-dealkylation sites (N-methyl/N-ethyl adjacent to an activating group) is 1. The Bertz CT molecular complexity index is 341. The maximum Gasteiger partial charge on any atom is 0.133 e. The highest BCUT2D eigenvalue weighted by molar-refractivity contribution is 5.20. The lowest BCUT2D eigenvalue weighted by Crippen LogP contribution is -2.53. The SMILES string of the molecule is C=CC(c1ccccc1)[N+]1(C)CCOCC1. The molecule has 0 amide bonds. The lowest BCUT2D eigenvalue weighted by Gasteiger charge is -2.42. The number of ether oxygens (including phenoxy) is 1. The van der Waals surface area contributed by atoms with E-state index in [1.807, 2.05) is 0 Å². The normalized spacial score (nSPS) is 21.3. The molecule has 0 spiro atoms. The summed E-state index contributed by atoms with van der Waals surface area (Å²) in [7, 11) is 2.29. The minimum atomic E-state index is 0.380. The molecule has 2 rings (SSSR count). The molecule has 0 aromatic heterocycles. The van der Waals surface area contributed by atoms with Crippen molar-refractivity contribution in [2.24, 2.45) is 0 Å². The average molecular weight is 218 g/mol. The van der Waals surface area contributed by atoms with Crippen LogP contribution < -0.4 is 0 Å². The van der Waals surface area contributed by atoms with Gasteiger partial charge in [0.05, 0.1) is 20.3 Å². The molecule has 0 radical (unpaired) electrons. The predicted molar refractivity (Wildman–Crippen MR) is 66.1 cm³/mol. The van der Waals surface area contributed by atoms with Crippen molar-refractivity contribution >= 4 is 0 Å². The fourth-order valence-corrected chi connectivity index (χ4v) is 2.44. The Morgan fingerprint density at radius 1 is 1.25 bits per heavy atom. The van der Waals surface area contributed by atoms with Crippen LogP contribution in [0.15, 0.2) is 43.0 Å². The highest BCUT2D eigenvalue weighted by Gasteiger charge is 2.33. The number of morpholine rings is 1. The fourth-order valence-electron chi connectivity index (χ4n) is 2.44. The van der Waals surface area contributed by atoms with Crippen LogP contribution in [-0.2, 0) is 4.74 Å². The van der Waals surface area contributed by atoms with Crippen LogP contribution in [0.25, 0.3) is 0 Å². The molecule has 1 fully saturated rings. The summed E-state index contributed by atoms with van der Waals surface area (Å²) in [5.41, 5.74) is 1.35. The Hall–Kier alpha value is -1.12. The molecule has 1 aliphatic heterocycles. The third kappa shape index (κ3) is 2.18. The number of benzene rings is 1. The van der Waals surface area contributed by atoms with E-state index in [2.05, 4.69) is 50.0 Å². The molecule has 1 aliphatic rings. The minimum absolute atomic E-state index is 0.380. The first kappa shape index (κ1) is 11.4. The van der Waals surface area contributed by atoms with Crippen LogP contribution in [0, 0.1) is 0 Å². The number of quaternary nitrogens is 1. The van der Waals surface area contributed by atoms with E-state index in [0.717, 1.165) is 30.8 Å². The topological polar surface area (TPSA) is 9.23 Å². The summed E-state index contributed by atoms with van der Waals surface area (Å²) in [6.45, 7) is 7.83. The van der Waals surface area contributed by atoms with Gasteiger partial charge in [0.15, 0.2) is 0 Å². The molecule has 0 aliphatic carbocycles. The van der Waals surface area contributed by atoms with Crippen LogP contribution >= 0.6 is 0 Å². The number of nitrogens with zero attached hydrogens (tertiary/aromatic N) is 1. The van der Waals surface area contributed by atoms with E-state index in [0.29, 0.717) is 6.04 Å². The van der Waals surface area contributed by atoms with Gasteiger partial charge < -0.3 is 9.22 Å². The fraction of sp³-hybridized carbons (Fsp3) is 0.429. The van der Waals surface area contributed by atoms with Crippen molar-refractivity contribution in [2.45, 2.75) is 6.04 Å². The second kappa shape index (κ2) is 4.81. The maximum absolute atomic E-state index is 5.45.